The van der Waals surface area contributed by atoms with E-state index in [-0.39, 0.29) is 20.0 Å². The van der Waals surface area contributed by atoms with Crippen LogP contribution >= 0.6 is 0 Å². The number of aromatic nitrogens is 1. The molecular formula is C16H28N2O6S. The quantitative estimate of drug-likeness (QED) is 0.485. The Balaban J connectivity index is 0.00000625. The number of methoxy groups -OCH3 is 1. The van der Waals surface area contributed by atoms with Crippen LogP contribution < -0.4 is 11.0 Å². The van der Waals surface area contributed by atoms with Crippen LogP contribution in [0.3, 0.4) is 0 Å². The van der Waals surface area contributed by atoms with Gasteiger partial charge in [-0.1, -0.05) is 19.4 Å². The van der Waals surface area contributed by atoms with E-state index in [2.05, 4.69) is 5.48 Å². The van der Waals surface area contributed by atoms with Crippen molar-refractivity contribution in [2.45, 2.75) is 50.7 Å². The molecule has 1 aromatic rings. The van der Waals surface area contributed by atoms with Gasteiger partial charge in [-0.2, -0.15) is 0 Å². The molecule has 8 nitrogen and oxygen atoms in total. The molecule has 25 heavy (non-hydrogen) atoms. The number of carbonyl (C=O) groups is 1. The maximum atomic E-state index is 12.5. The number of pyridine rings is 1. The lowest BCUT2D eigenvalue weighted by Crippen LogP contribution is -2.51. The summed E-state index contributed by atoms with van der Waals surface area (Å²) in [5.74, 6) is -0.794. The summed E-state index contributed by atoms with van der Waals surface area (Å²) >= 11 is 0. The van der Waals surface area contributed by atoms with E-state index in [1.807, 2.05) is 6.92 Å². The van der Waals surface area contributed by atoms with Crippen molar-refractivity contribution in [2.75, 3.05) is 13.4 Å². The van der Waals surface area contributed by atoms with Crippen LogP contribution in [-0.4, -0.2) is 43.3 Å². The molecule has 1 heterocycles. The van der Waals surface area contributed by atoms with Gasteiger partial charge in [-0.15, -0.1) is 0 Å². The number of ether oxygens (including phenoxy) is 1. The number of aryl methyl sites for hydroxylation is 1. The van der Waals surface area contributed by atoms with Crippen molar-refractivity contribution in [2.24, 2.45) is 0 Å². The van der Waals surface area contributed by atoms with Gasteiger partial charge in [0, 0.05) is 40.0 Å². The summed E-state index contributed by atoms with van der Waals surface area (Å²) in [6.45, 7) is 3.32. The average molecular weight is 376 g/mol. The van der Waals surface area contributed by atoms with Crippen molar-refractivity contribution >= 4 is 15.7 Å². The highest BCUT2D eigenvalue weighted by Crippen LogP contribution is 2.22. The molecule has 0 aliphatic carbocycles. The van der Waals surface area contributed by atoms with Crippen molar-refractivity contribution < 1.29 is 24.2 Å². The molecule has 1 N–H and O–H groups in total. The first-order valence-electron chi connectivity index (χ1n) is 7.99. The maximum absolute atomic E-state index is 12.5. The van der Waals surface area contributed by atoms with Gasteiger partial charge in [0.1, 0.15) is 0 Å². The first-order chi connectivity index (χ1) is 11.7. The monoisotopic (exact) mass is 376 g/mol. The van der Waals surface area contributed by atoms with Gasteiger partial charge in [0.2, 0.25) is 5.56 Å². The Morgan fingerprint density at radius 2 is 2.12 bits per heavy atom. The third-order valence-corrected chi connectivity index (χ3v) is 6.12. The molecule has 2 atom stereocenters. The molecule has 0 radical (unpaired) electrons. The Morgan fingerprint density at radius 3 is 2.64 bits per heavy atom. The molecule has 9 heteroatoms. The van der Waals surface area contributed by atoms with E-state index in [4.69, 9.17) is 9.57 Å². The number of hydrogen-bond donors (Lipinski definition) is 1. The van der Waals surface area contributed by atoms with Gasteiger partial charge in [0.25, 0.3) is 5.91 Å². The van der Waals surface area contributed by atoms with Crippen molar-refractivity contribution in [3.8, 4) is 0 Å². The molecule has 0 saturated heterocycles. The van der Waals surface area contributed by atoms with Crippen LogP contribution in [0, 0.1) is 0 Å². The van der Waals surface area contributed by atoms with Gasteiger partial charge >= 0.3 is 0 Å². The van der Waals surface area contributed by atoms with Gasteiger partial charge in [-0.05, 0) is 19.4 Å². The fourth-order valence-electron chi connectivity index (χ4n) is 2.13. The van der Waals surface area contributed by atoms with Crippen LogP contribution in [0.15, 0.2) is 29.2 Å². The molecular weight excluding hydrogens is 348 g/mol. The van der Waals surface area contributed by atoms with Gasteiger partial charge in [-0.25, -0.2) is 18.7 Å². The summed E-state index contributed by atoms with van der Waals surface area (Å²) in [6.07, 6.45) is 3.12. The lowest BCUT2D eigenvalue weighted by molar-refractivity contribution is -0.181. The van der Waals surface area contributed by atoms with Crippen LogP contribution in [0.1, 0.15) is 34.5 Å². The zero-order valence-electron chi connectivity index (χ0n) is 15.0. The standard InChI is InChI=1S/C16H26N2O6S.H2/c1-5-8-14(23-3)24-17-15(20)16(2,25(4,21)22)10-12-18-11-7-6-9-13(18)19;/h6-7,9,11,14H,5,8,10,12H2,1-4H3,(H,17,20);1H. The van der Waals surface area contributed by atoms with E-state index >= 15 is 0 Å². The third-order valence-electron chi connectivity index (χ3n) is 4.10. The van der Waals surface area contributed by atoms with E-state index in [1.54, 1.807) is 18.3 Å². The van der Waals surface area contributed by atoms with Crippen molar-refractivity contribution in [1.82, 2.24) is 10.0 Å². The van der Waals surface area contributed by atoms with Crippen LogP contribution in [0.4, 0.5) is 0 Å². The van der Waals surface area contributed by atoms with Crippen molar-refractivity contribution in [1.29, 1.82) is 0 Å². The number of hydroxylamine groups is 1. The molecule has 1 aromatic heterocycles. The van der Waals surface area contributed by atoms with E-state index < -0.39 is 26.8 Å². The first-order valence-corrected chi connectivity index (χ1v) is 9.88. The predicted molar refractivity (Wildman–Crippen MR) is 95.6 cm³/mol. The maximum Gasteiger partial charge on any atom is 0.264 e. The van der Waals surface area contributed by atoms with E-state index in [9.17, 15) is 18.0 Å². The Kier molecular flexibility index (Phi) is 7.78. The van der Waals surface area contributed by atoms with Crippen molar-refractivity contribution in [3.05, 3.63) is 34.7 Å². The molecule has 1 rings (SSSR count). The molecule has 0 aromatic carbocycles. The highest BCUT2D eigenvalue weighted by atomic mass is 32.2. The van der Waals surface area contributed by atoms with Crippen LogP contribution in [0.25, 0.3) is 0 Å². The summed E-state index contributed by atoms with van der Waals surface area (Å²) in [5.41, 5.74) is 1.92. The number of nitrogens with one attached hydrogen (secondary N) is 1. The van der Waals surface area contributed by atoms with Gasteiger partial charge in [-0.3, -0.25) is 9.59 Å². The van der Waals surface area contributed by atoms with E-state index in [1.165, 1.54) is 24.7 Å². The zero-order valence-corrected chi connectivity index (χ0v) is 15.8. The fourth-order valence-corrected chi connectivity index (χ4v) is 2.97. The Bertz CT molecular complexity index is 736. The Labute approximate surface area is 149 Å². The lowest BCUT2D eigenvalue weighted by Gasteiger charge is -2.27. The van der Waals surface area contributed by atoms with E-state index in [0.717, 1.165) is 12.7 Å². The first kappa shape index (κ1) is 21.3. The lowest BCUT2D eigenvalue weighted by atomic mass is 10.1. The Hall–Kier alpha value is -1.71. The summed E-state index contributed by atoms with van der Waals surface area (Å²) in [5, 5.41) is 0. The van der Waals surface area contributed by atoms with Crippen LogP contribution in [-0.2, 0) is 30.8 Å². The van der Waals surface area contributed by atoms with Gasteiger partial charge in [0.15, 0.2) is 20.9 Å². The third kappa shape index (κ3) is 5.65. The summed E-state index contributed by atoms with van der Waals surface area (Å²) in [6, 6.07) is 4.62. The smallest absolute Gasteiger partial charge is 0.264 e. The molecule has 0 aliphatic rings. The van der Waals surface area contributed by atoms with E-state index in [0.29, 0.717) is 6.42 Å². The molecule has 1 amide bonds. The minimum Gasteiger partial charge on any atom is -0.354 e. The second-order valence-electron chi connectivity index (χ2n) is 5.99. The van der Waals surface area contributed by atoms with Crippen molar-refractivity contribution in [3.63, 3.8) is 0 Å². The minimum atomic E-state index is -3.76. The molecule has 0 aliphatic heterocycles. The molecule has 0 spiro atoms. The summed E-state index contributed by atoms with van der Waals surface area (Å²) in [4.78, 5) is 29.4. The van der Waals surface area contributed by atoms with Crippen LogP contribution in [0.2, 0.25) is 0 Å². The number of amides is 1. The Morgan fingerprint density at radius 1 is 1.44 bits per heavy atom. The van der Waals surface area contributed by atoms with Gasteiger partial charge < -0.3 is 9.30 Å². The number of carbonyl (C=O) groups excluding carboxylic acids is 1. The summed E-state index contributed by atoms with van der Waals surface area (Å²) in [7, 11) is -2.33. The van der Waals surface area contributed by atoms with Gasteiger partial charge in [0.05, 0.1) is 0 Å². The summed E-state index contributed by atoms with van der Waals surface area (Å²) < 4.78 is 29.1. The second kappa shape index (κ2) is 9.12. The molecule has 144 valence electrons. The molecule has 0 bridgehead atoms. The molecule has 0 fully saturated rings. The number of nitrogens with zero attached hydrogens (tertiary/aromatic N) is 1. The topological polar surface area (TPSA) is 104 Å². The zero-order chi connectivity index (χ0) is 19.1. The van der Waals surface area contributed by atoms with Crippen LogP contribution in [0.5, 0.6) is 0 Å². The fraction of sp³-hybridized carbons (Fsp3) is 0.625. The average Bonchev–Trinajstić information content (AvgIpc) is 2.56. The minimum absolute atomic E-state index is 0. The predicted octanol–water partition coefficient (Wildman–Crippen LogP) is 1.11. The number of sulfone groups is 1. The SMILES string of the molecule is CCCC(OC)ONC(=O)C(C)(CCn1ccccc1=O)S(C)(=O)=O.[HH]. The number of rotatable bonds is 10. The molecule has 0 saturated carbocycles. The molecule has 2 unspecified atom stereocenters. The largest absolute Gasteiger partial charge is 0.354 e. The highest BCUT2D eigenvalue weighted by molar-refractivity contribution is 7.92. The number of hydrogen-bond acceptors (Lipinski definition) is 6. The second-order valence-corrected chi connectivity index (χ2v) is 8.43. The highest BCUT2D eigenvalue weighted by Gasteiger charge is 2.43. The normalized spacial score (nSPS) is 15.4.